The van der Waals surface area contributed by atoms with Crippen LogP contribution in [0.1, 0.15) is 24.2 Å². The molecule has 0 spiro atoms. The number of benzene rings is 1. The minimum absolute atomic E-state index is 0.155. The molecule has 4 nitrogen and oxygen atoms in total. The number of halogens is 1. The van der Waals surface area contributed by atoms with E-state index in [0.717, 1.165) is 24.5 Å². The van der Waals surface area contributed by atoms with E-state index in [-0.39, 0.29) is 5.82 Å². The van der Waals surface area contributed by atoms with Crippen LogP contribution in [0.25, 0.3) is 0 Å². The van der Waals surface area contributed by atoms with Gasteiger partial charge in [0.2, 0.25) is 0 Å². The minimum Gasteiger partial charge on any atom is -0.388 e. The molecule has 1 fully saturated rings. The van der Waals surface area contributed by atoms with Crippen molar-refractivity contribution in [1.82, 2.24) is 14.5 Å². The number of aryl methyl sites for hydroxylation is 1. The highest BCUT2D eigenvalue weighted by atomic mass is 19.1. The topological polar surface area (TPSA) is 41.3 Å². The Hall–Kier alpha value is -1.72. The van der Waals surface area contributed by atoms with E-state index in [2.05, 4.69) is 9.88 Å². The molecule has 1 N–H and O–H groups in total. The van der Waals surface area contributed by atoms with Gasteiger partial charge in [0, 0.05) is 37.6 Å². The molecule has 2 aromatic rings. The summed E-state index contributed by atoms with van der Waals surface area (Å²) in [7, 11) is 0. The lowest BCUT2D eigenvalue weighted by Gasteiger charge is -2.38. The van der Waals surface area contributed by atoms with Gasteiger partial charge in [0.1, 0.15) is 11.6 Å². The van der Waals surface area contributed by atoms with Crippen molar-refractivity contribution in [2.45, 2.75) is 38.5 Å². The van der Waals surface area contributed by atoms with Gasteiger partial charge in [-0.05, 0) is 25.8 Å². The summed E-state index contributed by atoms with van der Waals surface area (Å²) in [6, 6.07) is 6.89. The molecule has 22 heavy (non-hydrogen) atoms. The zero-order chi connectivity index (χ0) is 15.6. The summed E-state index contributed by atoms with van der Waals surface area (Å²) >= 11 is 0. The van der Waals surface area contributed by atoms with Crippen LogP contribution in [0, 0.1) is 12.7 Å². The second-order valence-electron chi connectivity index (χ2n) is 6.19. The third-order valence-electron chi connectivity index (χ3n) is 4.53. The van der Waals surface area contributed by atoms with Crippen molar-refractivity contribution < 1.29 is 9.50 Å². The van der Waals surface area contributed by atoms with Gasteiger partial charge in [-0.15, -0.1) is 0 Å². The monoisotopic (exact) mass is 303 g/mol. The average Bonchev–Trinajstić information content (AvgIpc) is 2.89. The van der Waals surface area contributed by atoms with Crippen LogP contribution in [0.2, 0.25) is 0 Å². The maximum absolute atomic E-state index is 13.7. The first kappa shape index (κ1) is 15.2. The lowest BCUT2D eigenvalue weighted by atomic mass is 9.91. The first-order chi connectivity index (χ1) is 10.6. The third-order valence-corrected chi connectivity index (χ3v) is 4.53. The second-order valence-corrected chi connectivity index (χ2v) is 6.19. The number of aromatic nitrogens is 2. The molecule has 0 saturated carbocycles. The smallest absolute Gasteiger partial charge is 0.127 e. The summed E-state index contributed by atoms with van der Waals surface area (Å²) in [5.74, 6) is 0.764. The zero-order valence-corrected chi connectivity index (χ0v) is 12.9. The van der Waals surface area contributed by atoms with Crippen LogP contribution < -0.4 is 0 Å². The predicted molar refractivity (Wildman–Crippen MR) is 82.8 cm³/mol. The maximum atomic E-state index is 13.7. The van der Waals surface area contributed by atoms with Gasteiger partial charge in [-0.2, -0.15) is 0 Å². The SMILES string of the molecule is Cc1nccn1CC1(O)CCN(Cc2ccccc2F)CC1. The summed E-state index contributed by atoms with van der Waals surface area (Å²) < 4.78 is 15.7. The zero-order valence-electron chi connectivity index (χ0n) is 12.9. The lowest BCUT2D eigenvalue weighted by molar-refractivity contribution is -0.0362. The Morgan fingerprint density at radius 2 is 2.00 bits per heavy atom. The number of hydrogen-bond donors (Lipinski definition) is 1. The van der Waals surface area contributed by atoms with Gasteiger partial charge in [-0.25, -0.2) is 9.37 Å². The maximum Gasteiger partial charge on any atom is 0.127 e. The summed E-state index contributed by atoms with van der Waals surface area (Å²) in [6.07, 6.45) is 5.04. The molecule has 1 aliphatic rings. The van der Waals surface area contributed by atoms with Crippen molar-refractivity contribution >= 4 is 0 Å². The van der Waals surface area contributed by atoms with Gasteiger partial charge in [-0.1, -0.05) is 18.2 Å². The first-order valence-electron chi connectivity index (χ1n) is 7.72. The Balaban J connectivity index is 1.58. The summed E-state index contributed by atoms with van der Waals surface area (Å²) in [5.41, 5.74) is 0.0235. The fraction of sp³-hybridized carbons (Fsp3) is 0.471. The van der Waals surface area contributed by atoms with Crippen LogP contribution in [0.15, 0.2) is 36.7 Å². The highest BCUT2D eigenvalue weighted by Gasteiger charge is 2.33. The van der Waals surface area contributed by atoms with E-state index in [1.165, 1.54) is 6.07 Å². The number of imidazole rings is 1. The lowest BCUT2D eigenvalue weighted by Crippen LogP contribution is -2.46. The summed E-state index contributed by atoms with van der Waals surface area (Å²) in [5, 5.41) is 10.8. The van der Waals surface area contributed by atoms with Crippen molar-refractivity contribution in [2.24, 2.45) is 0 Å². The fourth-order valence-corrected chi connectivity index (χ4v) is 3.04. The molecule has 118 valence electrons. The molecule has 3 rings (SSSR count). The van der Waals surface area contributed by atoms with E-state index in [0.29, 0.717) is 25.9 Å². The van der Waals surface area contributed by atoms with Crippen LogP contribution in [0.3, 0.4) is 0 Å². The van der Waals surface area contributed by atoms with Crippen molar-refractivity contribution in [1.29, 1.82) is 0 Å². The Kier molecular flexibility index (Phi) is 4.27. The first-order valence-corrected chi connectivity index (χ1v) is 7.72. The number of hydrogen-bond acceptors (Lipinski definition) is 3. The number of likely N-dealkylation sites (tertiary alicyclic amines) is 1. The molecule has 0 radical (unpaired) electrons. The Morgan fingerprint density at radius 3 is 2.64 bits per heavy atom. The van der Waals surface area contributed by atoms with Gasteiger partial charge in [-0.3, -0.25) is 4.90 Å². The van der Waals surface area contributed by atoms with Crippen LogP contribution >= 0.6 is 0 Å². The molecule has 0 unspecified atom stereocenters. The number of nitrogens with zero attached hydrogens (tertiary/aromatic N) is 3. The van der Waals surface area contributed by atoms with E-state index in [4.69, 9.17) is 0 Å². The molecule has 1 saturated heterocycles. The van der Waals surface area contributed by atoms with Gasteiger partial charge >= 0.3 is 0 Å². The molecule has 1 aliphatic heterocycles. The van der Waals surface area contributed by atoms with Crippen molar-refractivity contribution in [3.63, 3.8) is 0 Å². The summed E-state index contributed by atoms with van der Waals surface area (Å²) in [4.78, 5) is 6.40. The molecule has 1 aromatic heterocycles. The third kappa shape index (κ3) is 3.36. The van der Waals surface area contributed by atoms with Crippen LogP contribution in [0.4, 0.5) is 4.39 Å². The predicted octanol–water partition coefficient (Wildman–Crippen LogP) is 2.36. The Labute approximate surface area is 130 Å². The van der Waals surface area contributed by atoms with E-state index < -0.39 is 5.60 Å². The molecular formula is C17H22FN3O. The number of rotatable bonds is 4. The Bertz CT molecular complexity index is 632. The molecule has 0 amide bonds. The molecule has 0 atom stereocenters. The molecule has 0 bridgehead atoms. The van der Waals surface area contributed by atoms with Gasteiger partial charge < -0.3 is 9.67 Å². The van der Waals surface area contributed by atoms with E-state index >= 15 is 0 Å². The minimum atomic E-state index is -0.697. The highest BCUT2D eigenvalue weighted by Crippen LogP contribution is 2.26. The van der Waals surface area contributed by atoms with Crippen LogP contribution in [-0.2, 0) is 13.1 Å². The molecular weight excluding hydrogens is 281 g/mol. The quantitative estimate of drug-likeness (QED) is 0.943. The van der Waals surface area contributed by atoms with E-state index in [9.17, 15) is 9.50 Å². The summed E-state index contributed by atoms with van der Waals surface area (Å²) in [6.45, 7) is 4.67. The van der Waals surface area contributed by atoms with Crippen molar-refractivity contribution in [3.8, 4) is 0 Å². The standard InChI is InChI=1S/C17H22FN3O/c1-14-19-8-11-21(14)13-17(22)6-9-20(10-7-17)12-15-4-2-3-5-16(15)18/h2-5,8,11,22H,6-7,9-10,12-13H2,1H3. The fourth-order valence-electron chi connectivity index (χ4n) is 3.04. The highest BCUT2D eigenvalue weighted by molar-refractivity contribution is 5.17. The van der Waals surface area contributed by atoms with Gasteiger partial charge in [0.25, 0.3) is 0 Å². The van der Waals surface area contributed by atoms with E-state index in [1.807, 2.05) is 29.8 Å². The van der Waals surface area contributed by atoms with Gasteiger partial charge in [0.05, 0.1) is 12.1 Å². The van der Waals surface area contributed by atoms with Crippen LogP contribution in [-0.4, -0.2) is 38.2 Å². The largest absolute Gasteiger partial charge is 0.388 e. The Morgan fingerprint density at radius 1 is 1.27 bits per heavy atom. The second kappa shape index (κ2) is 6.18. The molecule has 0 aliphatic carbocycles. The number of aliphatic hydroxyl groups is 1. The molecule has 5 heteroatoms. The molecule has 2 heterocycles. The van der Waals surface area contributed by atoms with Gasteiger partial charge in [0.15, 0.2) is 0 Å². The van der Waals surface area contributed by atoms with Crippen LogP contribution in [0.5, 0.6) is 0 Å². The van der Waals surface area contributed by atoms with Crippen molar-refractivity contribution in [3.05, 3.63) is 53.9 Å². The normalized spacial score (nSPS) is 18.5. The number of piperidine rings is 1. The average molecular weight is 303 g/mol. The molecule has 1 aromatic carbocycles. The van der Waals surface area contributed by atoms with E-state index in [1.54, 1.807) is 12.3 Å². The van der Waals surface area contributed by atoms with Crippen molar-refractivity contribution in [2.75, 3.05) is 13.1 Å².